The molecule has 0 aliphatic carbocycles. The molecule has 1 fully saturated rings. The van der Waals surface area contributed by atoms with Gasteiger partial charge in [0.25, 0.3) is 0 Å². The monoisotopic (exact) mass is 386 g/mol. The second-order valence-corrected chi connectivity index (χ2v) is 7.01. The number of anilines is 1. The van der Waals surface area contributed by atoms with Crippen LogP contribution >= 0.6 is 11.6 Å². The van der Waals surface area contributed by atoms with E-state index in [1.165, 1.54) is 12.8 Å². The number of hydrogen-bond acceptors (Lipinski definition) is 4. The zero-order valence-corrected chi connectivity index (χ0v) is 18.4. The van der Waals surface area contributed by atoms with Crippen molar-refractivity contribution in [3.8, 4) is 5.75 Å². The number of benzene rings is 1. The Kier molecular flexibility index (Phi) is 15.6. The minimum absolute atomic E-state index is 0.344. The molecule has 1 aliphatic rings. The Morgan fingerprint density at radius 3 is 2.23 bits per heavy atom. The van der Waals surface area contributed by atoms with Gasteiger partial charge in [0.1, 0.15) is 17.4 Å². The Morgan fingerprint density at radius 2 is 1.69 bits per heavy atom. The Morgan fingerprint density at radius 1 is 1.12 bits per heavy atom. The first-order valence-corrected chi connectivity index (χ1v) is 10.4. The highest BCUT2D eigenvalue weighted by Crippen LogP contribution is 2.32. The van der Waals surface area contributed by atoms with Crippen molar-refractivity contribution in [1.82, 2.24) is 4.90 Å². The molecule has 0 bridgehead atoms. The summed E-state index contributed by atoms with van der Waals surface area (Å²) in [6.45, 7) is 17.8. The highest BCUT2D eigenvalue weighted by molar-refractivity contribution is 6.34. The molecule has 4 nitrogen and oxygen atoms in total. The first kappa shape index (κ1) is 25.0. The standard InChI is InChI=1S/C15H23ClN2O2.2C3H8/c1-12(2)17-13-4-3-5-14(15(13)16)20-11-8-18-6-9-19-10-7-18;2*1-3-2/h3-5,12,17H,6-11H2,1-2H3;2*3H2,1-2H3. The van der Waals surface area contributed by atoms with Crippen LogP contribution in [0.5, 0.6) is 5.75 Å². The van der Waals surface area contributed by atoms with Gasteiger partial charge in [0.15, 0.2) is 0 Å². The molecule has 2 rings (SSSR count). The van der Waals surface area contributed by atoms with Gasteiger partial charge in [-0.2, -0.15) is 0 Å². The lowest BCUT2D eigenvalue weighted by molar-refractivity contribution is 0.0322. The summed E-state index contributed by atoms with van der Waals surface area (Å²) >= 11 is 6.35. The van der Waals surface area contributed by atoms with Crippen LogP contribution in [0.25, 0.3) is 0 Å². The number of ether oxygens (including phenoxy) is 2. The maximum Gasteiger partial charge on any atom is 0.140 e. The quantitative estimate of drug-likeness (QED) is 0.679. The van der Waals surface area contributed by atoms with Crippen molar-refractivity contribution in [1.29, 1.82) is 0 Å². The van der Waals surface area contributed by atoms with Crippen LogP contribution < -0.4 is 10.1 Å². The number of hydrogen-bond donors (Lipinski definition) is 1. The van der Waals surface area contributed by atoms with E-state index < -0.39 is 0 Å². The molecule has 1 aliphatic heterocycles. The van der Waals surface area contributed by atoms with Crippen molar-refractivity contribution in [3.05, 3.63) is 23.2 Å². The summed E-state index contributed by atoms with van der Waals surface area (Å²) in [4.78, 5) is 2.34. The second kappa shape index (κ2) is 16.2. The molecule has 1 saturated heterocycles. The fourth-order valence-electron chi connectivity index (χ4n) is 2.15. The number of nitrogens with zero attached hydrogens (tertiary/aromatic N) is 1. The SMILES string of the molecule is CC(C)Nc1cccc(OCCN2CCOCC2)c1Cl.CCC.CCC. The topological polar surface area (TPSA) is 33.7 Å². The van der Waals surface area contributed by atoms with Crippen molar-refractivity contribution in [2.45, 2.75) is 60.4 Å². The van der Waals surface area contributed by atoms with E-state index in [2.05, 4.69) is 51.8 Å². The molecule has 1 heterocycles. The molecule has 0 saturated carbocycles. The van der Waals surface area contributed by atoms with E-state index in [0.29, 0.717) is 17.7 Å². The van der Waals surface area contributed by atoms with Crippen LogP contribution in [0.1, 0.15) is 54.4 Å². The molecule has 0 atom stereocenters. The normalized spacial score (nSPS) is 14.0. The van der Waals surface area contributed by atoms with Gasteiger partial charge in [-0.05, 0) is 26.0 Å². The average Bonchev–Trinajstić information content (AvgIpc) is 2.60. The molecule has 1 aromatic rings. The smallest absolute Gasteiger partial charge is 0.140 e. The van der Waals surface area contributed by atoms with Gasteiger partial charge in [-0.1, -0.05) is 58.2 Å². The molecule has 0 amide bonds. The zero-order chi connectivity index (χ0) is 19.8. The fourth-order valence-corrected chi connectivity index (χ4v) is 2.39. The molecular weight excluding hydrogens is 348 g/mol. The van der Waals surface area contributed by atoms with Crippen LogP contribution in [0.3, 0.4) is 0 Å². The predicted octanol–water partition coefficient (Wildman–Crippen LogP) is 5.70. The molecule has 1 aromatic carbocycles. The van der Waals surface area contributed by atoms with Crippen LogP contribution in [0.4, 0.5) is 5.69 Å². The molecule has 0 spiro atoms. The maximum atomic E-state index is 6.35. The molecule has 0 radical (unpaired) electrons. The maximum absolute atomic E-state index is 6.35. The number of nitrogens with one attached hydrogen (secondary N) is 1. The van der Waals surface area contributed by atoms with Gasteiger partial charge in [-0.25, -0.2) is 0 Å². The summed E-state index contributed by atoms with van der Waals surface area (Å²) in [5, 5.41) is 3.97. The third-order valence-electron chi connectivity index (χ3n) is 3.18. The van der Waals surface area contributed by atoms with Crippen LogP contribution in [0.15, 0.2) is 18.2 Å². The number of halogens is 1. The molecule has 1 N–H and O–H groups in total. The van der Waals surface area contributed by atoms with E-state index in [9.17, 15) is 0 Å². The van der Waals surface area contributed by atoms with Crippen LogP contribution in [0.2, 0.25) is 5.02 Å². The highest BCUT2D eigenvalue weighted by atomic mass is 35.5. The van der Waals surface area contributed by atoms with Crippen molar-refractivity contribution < 1.29 is 9.47 Å². The van der Waals surface area contributed by atoms with Gasteiger partial charge >= 0.3 is 0 Å². The zero-order valence-electron chi connectivity index (χ0n) is 17.6. The summed E-state index contributed by atoms with van der Waals surface area (Å²) in [6.07, 6.45) is 2.50. The van der Waals surface area contributed by atoms with Crippen molar-refractivity contribution in [2.24, 2.45) is 0 Å². The van der Waals surface area contributed by atoms with E-state index in [-0.39, 0.29) is 0 Å². The van der Waals surface area contributed by atoms with Gasteiger partial charge in [0.05, 0.1) is 18.9 Å². The van der Waals surface area contributed by atoms with Gasteiger partial charge in [0, 0.05) is 25.7 Å². The first-order chi connectivity index (χ1) is 12.5. The number of morpholine rings is 1. The Hall–Kier alpha value is -0.970. The Balaban J connectivity index is 0.000000918. The Bertz CT molecular complexity index is 448. The van der Waals surface area contributed by atoms with Crippen molar-refractivity contribution in [2.75, 3.05) is 44.8 Å². The minimum atomic E-state index is 0.344. The Labute approximate surface area is 166 Å². The van der Waals surface area contributed by atoms with Gasteiger partial charge in [0.2, 0.25) is 0 Å². The lowest BCUT2D eigenvalue weighted by Gasteiger charge is -2.26. The molecular formula is C21H39ClN2O2. The molecule has 5 heteroatoms. The third kappa shape index (κ3) is 11.6. The van der Waals surface area contributed by atoms with Crippen LogP contribution in [0, 0.1) is 0 Å². The fraction of sp³-hybridized carbons (Fsp3) is 0.714. The predicted molar refractivity (Wildman–Crippen MR) is 115 cm³/mol. The van der Waals surface area contributed by atoms with Crippen LogP contribution in [-0.2, 0) is 4.74 Å². The molecule has 152 valence electrons. The first-order valence-electron chi connectivity index (χ1n) is 9.97. The summed E-state index contributed by atoms with van der Waals surface area (Å²) in [6, 6.07) is 6.18. The molecule has 26 heavy (non-hydrogen) atoms. The highest BCUT2D eigenvalue weighted by Gasteiger charge is 2.11. The minimum Gasteiger partial charge on any atom is -0.491 e. The van der Waals surface area contributed by atoms with Crippen molar-refractivity contribution in [3.63, 3.8) is 0 Å². The van der Waals surface area contributed by atoms with Crippen molar-refractivity contribution >= 4 is 17.3 Å². The summed E-state index contributed by atoms with van der Waals surface area (Å²) < 4.78 is 11.1. The van der Waals surface area contributed by atoms with Gasteiger partial charge in [-0.15, -0.1) is 0 Å². The molecule has 0 unspecified atom stereocenters. The van der Waals surface area contributed by atoms with Crippen LogP contribution in [-0.4, -0.2) is 50.4 Å². The number of rotatable bonds is 6. The molecule has 0 aromatic heterocycles. The third-order valence-corrected chi connectivity index (χ3v) is 3.57. The lowest BCUT2D eigenvalue weighted by Crippen LogP contribution is -2.38. The van der Waals surface area contributed by atoms with E-state index in [1.54, 1.807) is 0 Å². The van der Waals surface area contributed by atoms with E-state index in [4.69, 9.17) is 21.1 Å². The second-order valence-electron chi connectivity index (χ2n) is 6.63. The van der Waals surface area contributed by atoms with E-state index >= 15 is 0 Å². The van der Waals surface area contributed by atoms with E-state index in [0.717, 1.165) is 44.3 Å². The largest absolute Gasteiger partial charge is 0.491 e. The van der Waals surface area contributed by atoms with Gasteiger partial charge in [-0.3, -0.25) is 4.90 Å². The van der Waals surface area contributed by atoms with Gasteiger partial charge < -0.3 is 14.8 Å². The van der Waals surface area contributed by atoms with E-state index in [1.807, 2.05) is 18.2 Å². The average molecular weight is 387 g/mol. The summed E-state index contributed by atoms with van der Waals surface area (Å²) in [5.74, 6) is 0.741. The summed E-state index contributed by atoms with van der Waals surface area (Å²) in [7, 11) is 0. The summed E-state index contributed by atoms with van der Waals surface area (Å²) in [5.41, 5.74) is 0.922. The lowest BCUT2D eigenvalue weighted by atomic mass is 10.2.